The number of aromatic carboxylic acids is 1. The second-order valence-electron chi connectivity index (χ2n) is 5.06. The number of nitrogens with two attached hydrogens (primary N) is 1. The number of carbonyl (C=O) groups excluding carboxylic acids is 1. The summed E-state index contributed by atoms with van der Waals surface area (Å²) in [6, 6.07) is 2.55. The molecule has 0 aliphatic carbocycles. The Kier molecular flexibility index (Phi) is 6.01. The highest BCUT2D eigenvalue weighted by Crippen LogP contribution is 2.39. The molecule has 0 atom stereocenters. The van der Waals surface area contributed by atoms with Crippen LogP contribution in [0.2, 0.25) is 10.0 Å². The number of hydrogen-bond donors (Lipinski definition) is 2. The molecule has 3 N–H and O–H groups in total. The minimum Gasteiger partial charge on any atom is -0.476 e. The summed E-state index contributed by atoms with van der Waals surface area (Å²) in [6.45, 7) is 0.876. The quantitative estimate of drug-likeness (QED) is 0.559. The largest absolute Gasteiger partial charge is 0.476 e. The number of carboxylic acids is 1. The first-order valence-corrected chi connectivity index (χ1v) is 7.79. The lowest BCUT2D eigenvalue weighted by Gasteiger charge is -2.15. The van der Waals surface area contributed by atoms with E-state index in [-0.39, 0.29) is 40.1 Å². The lowest BCUT2D eigenvalue weighted by Crippen LogP contribution is -2.12. The number of ketones is 1. The molecule has 0 radical (unpaired) electrons. The minimum atomic E-state index is -1.50. The van der Waals surface area contributed by atoms with Crippen molar-refractivity contribution in [1.29, 1.82) is 0 Å². The van der Waals surface area contributed by atoms with E-state index in [0.717, 1.165) is 6.92 Å². The van der Waals surface area contributed by atoms with E-state index < -0.39 is 28.3 Å². The highest BCUT2D eigenvalue weighted by Gasteiger charge is 2.26. The summed E-state index contributed by atoms with van der Waals surface area (Å²) < 4.78 is 24.7. The molecule has 0 aliphatic heterocycles. The summed E-state index contributed by atoms with van der Waals surface area (Å²) in [7, 11) is 1.34. The summed E-state index contributed by atoms with van der Waals surface area (Å²) >= 11 is 11.8. The van der Waals surface area contributed by atoms with Gasteiger partial charge in [0, 0.05) is 12.7 Å². The van der Waals surface area contributed by atoms with Gasteiger partial charge in [0.2, 0.25) is 0 Å². The zero-order chi connectivity index (χ0) is 19.6. The molecular weight excluding hydrogens is 390 g/mol. The van der Waals surface area contributed by atoms with E-state index >= 15 is 0 Å². The molecule has 0 aliphatic rings. The van der Waals surface area contributed by atoms with Crippen LogP contribution < -0.4 is 10.5 Å². The topological polar surface area (TPSA) is 112 Å². The number of pyridine rings is 1. The van der Waals surface area contributed by atoms with Crippen molar-refractivity contribution in [2.24, 2.45) is 0 Å². The highest BCUT2D eigenvalue weighted by atomic mass is 35.5. The smallest absolute Gasteiger partial charge is 0.356 e. The monoisotopic (exact) mass is 402 g/mol. The fourth-order valence-electron chi connectivity index (χ4n) is 2.23. The normalized spacial score (nSPS) is 10.7. The molecule has 1 heterocycles. The van der Waals surface area contributed by atoms with Gasteiger partial charge in [0.05, 0.1) is 27.0 Å². The van der Waals surface area contributed by atoms with E-state index in [1.807, 2.05) is 0 Å². The first kappa shape index (κ1) is 19.9. The predicted molar refractivity (Wildman–Crippen MR) is 93.5 cm³/mol. The van der Waals surface area contributed by atoms with Crippen molar-refractivity contribution in [2.45, 2.75) is 6.92 Å². The fraction of sp³-hybridized carbons (Fsp3) is 0.188. The number of methoxy groups -OCH3 is 1. The van der Waals surface area contributed by atoms with Crippen molar-refractivity contribution in [3.05, 3.63) is 39.3 Å². The Hall–Kier alpha value is -2.42. The Bertz CT molecular complexity index is 905. The van der Waals surface area contributed by atoms with Crippen LogP contribution in [0.1, 0.15) is 27.8 Å². The molecule has 7 nitrogen and oxygen atoms in total. The number of benzene rings is 1. The predicted octanol–water partition coefficient (Wildman–Crippen LogP) is 3.66. The van der Waals surface area contributed by atoms with E-state index in [2.05, 4.69) is 4.98 Å². The van der Waals surface area contributed by atoms with Crippen LogP contribution in [0.15, 0.2) is 12.1 Å². The van der Waals surface area contributed by atoms with E-state index in [1.165, 1.54) is 19.2 Å². The molecule has 26 heavy (non-hydrogen) atoms. The van der Waals surface area contributed by atoms with Gasteiger partial charge >= 0.3 is 5.97 Å². The first-order chi connectivity index (χ1) is 12.2. The van der Waals surface area contributed by atoms with Gasteiger partial charge in [0.15, 0.2) is 29.8 Å². The third kappa shape index (κ3) is 3.57. The Balaban J connectivity index is 2.80. The first-order valence-electron chi connectivity index (χ1n) is 7.04. The average Bonchev–Trinajstić information content (AvgIpc) is 2.55. The fourth-order valence-corrected chi connectivity index (χ4v) is 2.79. The number of nitrogen functional groups attached to an aromatic ring is 1. The number of rotatable bonds is 6. The van der Waals surface area contributed by atoms with E-state index in [0.29, 0.717) is 0 Å². The maximum atomic E-state index is 14.9. The van der Waals surface area contributed by atoms with Crippen LogP contribution in [-0.4, -0.2) is 35.7 Å². The second kappa shape index (κ2) is 7.86. The number of anilines is 1. The van der Waals surface area contributed by atoms with Gasteiger partial charge in [-0.15, -0.1) is 0 Å². The van der Waals surface area contributed by atoms with Crippen molar-refractivity contribution in [3.8, 4) is 17.0 Å². The molecule has 10 heteroatoms. The molecule has 138 valence electrons. The Labute approximate surface area is 157 Å². The van der Waals surface area contributed by atoms with E-state index in [9.17, 15) is 19.1 Å². The summed E-state index contributed by atoms with van der Waals surface area (Å²) in [5, 5.41) is 8.80. The molecule has 2 aromatic rings. The lowest BCUT2D eigenvalue weighted by molar-refractivity contribution is 0.0484. The Morgan fingerprint density at radius 1 is 1.35 bits per heavy atom. The van der Waals surface area contributed by atoms with Crippen LogP contribution in [0.4, 0.5) is 10.1 Å². The average molecular weight is 403 g/mol. The van der Waals surface area contributed by atoms with E-state index in [4.69, 9.17) is 38.4 Å². The summed E-state index contributed by atoms with van der Waals surface area (Å²) in [5.41, 5.74) is 4.29. The number of carbonyl (C=O) groups is 2. The molecule has 0 bridgehead atoms. The molecule has 0 amide bonds. The van der Waals surface area contributed by atoms with Crippen molar-refractivity contribution >= 4 is 40.6 Å². The van der Waals surface area contributed by atoms with Crippen molar-refractivity contribution in [2.75, 3.05) is 19.6 Å². The van der Waals surface area contributed by atoms with Crippen LogP contribution in [0, 0.1) is 5.82 Å². The number of hydrogen-bond acceptors (Lipinski definition) is 6. The van der Waals surface area contributed by atoms with Gasteiger partial charge < -0.3 is 20.3 Å². The van der Waals surface area contributed by atoms with Gasteiger partial charge in [-0.25, -0.2) is 14.2 Å². The van der Waals surface area contributed by atoms with Crippen molar-refractivity contribution < 1.29 is 28.6 Å². The van der Waals surface area contributed by atoms with Crippen LogP contribution >= 0.6 is 23.2 Å². The maximum absolute atomic E-state index is 14.9. The molecule has 0 saturated heterocycles. The van der Waals surface area contributed by atoms with Gasteiger partial charge in [-0.3, -0.25) is 4.79 Å². The molecule has 1 aromatic heterocycles. The summed E-state index contributed by atoms with van der Waals surface area (Å²) in [5.74, 6) is -3.36. The number of aromatic nitrogens is 1. The van der Waals surface area contributed by atoms with Crippen LogP contribution in [0.25, 0.3) is 11.3 Å². The third-order valence-corrected chi connectivity index (χ3v) is 4.02. The zero-order valence-corrected chi connectivity index (χ0v) is 15.1. The number of halogens is 3. The SMILES string of the molecule is COCOc1c(Cl)ccc(-c2nc(C(=O)O)c(Cl)c(C(C)=O)c2N)c1F. The molecule has 1 aromatic carbocycles. The van der Waals surface area contributed by atoms with Gasteiger partial charge in [-0.1, -0.05) is 23.2 Å². The summed E-state index contributed by atoms with van der Waals surface area (Å²) in [6.07, 6.45) is 0. The lowest BCUT2D eigenvalue weighted by atomic mass is 10.0. The van der Waals surface area contributed by atoms with Crippen LogP contribution in [-0.2, 0) is 4.74 Å². The van der Waals surface area contributed by atoms with Gasteiger partial charge in [-0.05, 0) is 19.1 Å². The number of Topliss-reactive ketones (excluding diaryl/α,β-unsaturated/α-hetero) is 1. The van der Waals surface area contributed by atoms with E-state index in [1.54, 1.807) is 0 Å². The van der Waals surface area contributed by atoms with Crippen LogP contribution in [0.5, 0.6) is 5.75 Å². The molecule has 0 unspecified atom stereocenters. The van der Waals surface area contributed by atoms with Crippen LogP contribution in [0.3, 0.4) is 0 Å². The van der Waals surface area contributed by atoms with Gasteiger partial charge in [0.25, 0.3) is 0 Å². The molecule has 2 rings (SSSR count). The standard InChI is InChI=1S/C16H13Cl2FN2O5/c1-6(22)9-10(18)14(16(23)24)21-13(12(9)20)7-3-4-8(17)15(11(7)19)26-5-25-2/h3-4H,5,20H2,1-2H3,(H,23,24). The maximum Gasteiger partial charge on any atom is 0.356 e. The van der Waals surface area contributed by atoms with Gasteiger partial charge in [0.1, 0.15) is 0 Å². The Morgan fingerprint density at radius 2 is 2.00 bits per heavy atom. The van der Waals surface area contributed by atoms with Crippen molar-refractivity contribution in [1.82, 2.24) is 4.98 Å². The number of ether oxygens (including phenoxy) is 2. The molecule has 0 fully saturated rings. The Morgan fingerprint density at radius 3 is 2.54 bits per heavy atom. The number of carboxylic acid groups (broad SMARTS) is 1. The molecular formula is C16H13Cl2FN2O5. The third-order valence-electron chi connectivity index (χ3n) is 3.36. The molecule has 0 saturated carbocycles. The molecule has 0 spiro atoms. The van der Waals surface area contributed by atoms with Gasteiger partial charge in [-0.2, -0.15) is 0 Å². The number of nitrogens with zero attached hydrogens (tertiary/aromatic N) is 1. The zero-order valence-electron chi connectivity index (χ0n) is 13.6. The highest BCUT2D eigenvalue weighted by molar-refractivity contribution is 6.37. The van der Waals surface area contributed by atoms with Crippen molar-refractivity contribution in [3.63, 3.8) is 0 Å². The second-order valence-corrected chi connectivity index (χ2v) is 5.85. The minimum absolute atomic E-state index is 0.0407. The summed E-state index contributed by atoms with van der Waals surface area (Å²) in [4.78, 5) is 27.1.